The number of amides is 1. The third-order valence-electron chi connectivity index (χ3n) is 4.29. The van der Waals surface area contributed by atoms with Crippen LogP contribution in [0.1, 0.15) is 27.8 Å². The van der Waals surface area contributed by atoms with Crippen molar-refractivity contribution in [1.29, 1.82) is 0 Å². The van der Waals surface area contributed by atoms with Gasteiger partial charge in [-0.1, -0.05) is 36.4 Å². The van der Waals surface area contributed by atoms with Crippen molar-refractivity contribution in [3.63, 3.8) is 0 Å². The van der Waals surface area contributed by atoms with Gasteiger partial charge in [-0.15, -0.1) is 0 Å². The fourth-order valence-electron chi connectivity index (χ4n) is 3.23. The second-order valence-corrected chi connectivity index (χ2v) is 5.85. The quantitative estimate of drug-likeness (QED) is 0.777. The van der Waals surface area contributed by atoms with Crippen molar-refractivity contribution < 1.29 is 4.79 Å². The van der Waals surface area contributed by atoms with E-state index in [0.29, 0.717) is 18.7 Å². The zero-order valence-electron chi connectivity index (χ0n) is 12.7. The second kappa shape index (κ2) is 5.52. The molecule has 3 aromatic rings. The van der Waals surface area contributed by atoms with Gasteiger partial charge in [-0.2, -0.15) is 0 Å². The summed E-state index contributed by atoms with van der Waals surface area (Å²) in [7, 11) is 0. The van der Waals surface area contributed by atoms with Gasteiger partial charge in [0.1, 0.15) is 5.82 Å². The average Bonchev–Trinajstić information content (AvgIpc) is 2.85. The molecule has 1 aliphatic heterocycles. The summed E-state index contributed by atoms with van der Waals surface area (Å²) >= 11 is 0. The first-order valence-corrected chi connectivity index (χ1v) is 7.81. The minimum Gasteiger partial charge on any atom is -0.350 e. The summed E-state index contributed by atoms with van der Waals surface area (Å²) in [6, 6.07) is 15.6. The van der Waals surface area contributed by atoms with Crippen LogP contribution in [-0.2, 0) is 13.0 Å². The normalized spacial score (nSPS) is 15.3. The number of hydrogen-bond donors (Lipinski definition) is 2. The maximum absolute atomic E-state index is 12.2. The van der Waals surface area contributed by atoms with Crippen molar-refractivity contribution >= 4 is 16.9 Å². The van der Waals surface area contributed by atoms with E-state index in [-0.39, 0.29) is 11.9 Å². The monoisotopic (exact) mass is 306 g/mol. The van der Waals surface area contributed by atoms with E-state index in [1.807, 2.05) is 36.4 Å². The van der Waals surface area contributed by atoms with Gasteiger partial charge in [0.25, 0.3) is 5.91 Å². The van der Waals surface area contributed by atoms with Crippen LogP contribution < -0.4 is 11.1 Å². The lowest BCUT2D eigenvalue weighted by Gasteiger charge is -2.14. The Balaban J connectivity index is 1.80. The summed E-state index contributed by atoms with van der Waals surface area (Å²) in [6.07, 6.45) is 0.723. The van der Waals surface area contributed by atoms with Crippen LogP contribution >= 0.6 is 0 Å². The minimum atomic E-state index is -0.203. The number of para-hydroxylation sites is 1. The van der Waals surface area contributed by atoms with Gasteiger partial charge in [0, 0.05) is 13.1 Å². The van der Waals surface area contributed by atoms with Crippen molar-refractivity contribution in [3.8, 4) is 0 Å². The first-order valence-electron chi connectivity index (χ1n) is 7.81. The number of aromatic nitrogens is 2. The Hall–Kier alpha value is -2.66. The van der Waals surface area contributed by atoms with Gasteiger partial charge >= 0.3 is 0 Å². The highest BCUT2D eigenvalue weighted by atomic mass is 16.1. The summed E-state index contributed by atoms with van der Waals surface area (Å²) in [5.74, 6) is 0.797. The number of nitrogens with zero attached hydrogens (tertiary/aromatic N) is 2. The minimum absolute atomic E-state index is 0.0440. The largest absolute Gasteiger partial charge is 0.350 e. The van der Waals surface area contributed by atoms with Crippen LogP contribution in [0, 0.1) is 0 Å². The second-order valence-electron chi connectivity index (χ2n) is 5.85. The first kappa shape index (κ1) is 14.0. The Morgan fingerprint density at radius 2 is 2.00 bits per heavy atom. The Bertz CT molecular complexity index is 869. The Morgan fingerprint density at radius 1 is 1.17 bits per heavy atom. The number of imidazole rings is 1. The van der Waals surface area contributed by atoms with E-state index in [0.717, 1.165) is 23.3 Å². The summed E-state index contributed by atoms with van der Waals surface area (Å²) in [4.78, 5) is 16.9. The van der Waals surface area contributed by atoms with Crippen LogP contribution in [0.25, 0.3) is 11.0 Å². The highest BCUT2D eigenvalue weighted by molar-refractivity contribution is 6.05. The van der Waals surface area contributed by atoms with Crippen molar-refractivity contribution in [2.24, 2.45) is 5.73 Å². The molecule has 5 nitrogen and oxygen atoms in total. The van der Waals surface area contributed by atoms with Crippen LogP contribution in [-0.4, -0.2) is 22.0 Å². The maximum Gasteiger partial charge on any atom is 0.253 e. The molecule has 1 amide bonds. The van der Waals surface area contributed by atoms with Gasteiger partial charge < -0.3 is 15.6 Å². The highest BCUT2D eigenvalue weighted by Gasteiger charge is 2.23. The summed E-state index contributed by atoms with van der Waals surface area (Å²) in [5.41, 5.74) is 10.0. The van der Waals surface area contributed by atoms with Crippen LogP contribution in [0.15, 0.2) is 48.5 Å². The van der Waals surface area contributed by atoms with Gasteiger partial charge in [-0.05, 0) is 24.1 Å². The van der Waals surface area contributed by atoms with Crippen molar-refractivity contribution in [2.45, 2.75) is 19.0 Å². The lowest BCUT2D eigenvalue weighted by Crippen LogP contribution is -2.25. The predicted octanol–water partition coefficient (Wildman–Crippen LogP) is 2.02. The zero-order chi connectivity index (χ0) is 15.8. The highest BCUT2D eigenvalue weighted by Crippen LogP contribution is 2.26. The smallest absolute Gasteiger partial charge is 0.253 e. The molecule has 0 fully saturated rings. The SMILES string of the molecule is NC(Cc1ccccc1)c1nc2cccc3c2n1CCNC3=O. The Labute approximate surface area is 134 Å². The van der Waals surface area contributed by atoms with Gasteiger partial charge in [0.2, 0.25) is 0 Å². The average molecular weight is 306 g/mol. The molecular weight excluding hydrogens is 288 g/mol. The summed E-state index contributed by atoms with van der Waals surface area (Å²) < 4.78 is 2.09. The van der Waals surface area contributed by atoms with E-state index in [2.05, 4.69) is 22.0 Å². The van der Waals surface area contributed by atoms with Crippen LogP contribution in [0.5, 0.6) is 0 Å². The van der Waals surface area contributed by atoms with E-state index >= 15 is 0 Å². The third-order valence-corrected chi connectivity index (χ3v) is 4.29. The molecule has 1 aliphatic rings. The molecule has 1 atom stereocenters. The molecule has 2 heterocycles. The Morgan fingerprint density at radius 3 is 2.83 bits per heavy atom. The standard InChI is InChI=1S/C18H18N4O/c19-14(11-12-5-2-1-3-6-12)17-21-15-8-4-7-13-16(15)22(17)10-9-20-18(13)23/h1-8,14H,9-11,19H2,(H,20,23). The molecule has 23 heavy (non-hydrogen) atoms. The molecule has 0 saturated carbocycles. The van der Waals surface area contributed by atoms with Gasteiger partial charge in [-0.3, -0.25) is 4.79 Å². The summed E-state index contributed by atoms with van der Waals surface area (Å²) in [6.45, 7) is 1.28. The molecule has 0 radical (unpaired) electrons. The third kappa shape index (κ3) is 2.39. The molecule has 0 bridgehead atoms. The van der Waals surface area contributed by atoms with Crippen molar-refractivity contribution in [3.05, 3.63) is 65.5 Å². The molecule has 3 N–H and O–H groups in total. The molecule has 0 aliphatic carbocycles. The van der Waals surface area contributed by atoms with Crippen LogP contribution in [0.4, 0.5) is 0 Å². The molecule has 4 rings (SSSR count). The number of benzene rings is 2. The van der Waals surface area contributed by atoms with Gasteiger partial charge in [0.05, 0.1) is 22.6 Å². The van der Waals surface area contributed by atoms with Crippen molar-refractivity contribution in [1.82, 2.24) is 14.9 Å². The number of carbonyl (C=O) groups is 1. The van der Waals surface area contributed by atoms with E-state index in [4.69, 9.17) is 10.7 Å². The lowest BCUT2D eigenvalue weighted by molar-refractivity contribution is 0.0956. The molecule has 1 aromatic heterocycles. The van der Waals surface area contributed by atoms with E-state index in [9.17, 15) is 4.79 Å². The van der Waals surface area contributed by atoms with Gasteiger partial charge in [-0.25, -0.2) is 4.98 Å². The van der Waals surface area contributed by atoms with Crippen LogP contribution in [0.2, 0.25) is 0 Å². The molecule has 1 unspecified atom stereocenters. The number of rotatable bonds is 3. The zero-order valence-corrected chi connectivity index (χ0v) is 12.7. The Kier molecular flexibility index (Phi) is 3.35. The fraction of sp³-hybridized carbons (Fsp3) is 0.222. The molecule has 0 saturated heterocycles. The predicted molar refractivity (Wildman–Crippen MR) is 89.1 cm³/mol. The fourth-order valence-corrected chi connectivity index (χ4v) is 3.23. The molecule has 0 spiro atoms. The number of nitrogens with one attached hydrogen (secondary N) is 1. The first-order chi connectivity index (χ1) is 11.2. The lowest BCUT2D eigenvalue weighted by atomic mass is 10.1. The maximum atomic E-state index is 12.2. The summed E-state index contributed by atoms with van der Waals surface area (Å²) in [5, 5.41) is 2.92. The van der Waals surface area contributed by atoms with E-state index in [1.54, 1.807) is 0 Å². The molecule has 116 valence electrons. The van der Waals surface area contributed by atoms with Crippen LogP contribution in [0.3, 0.4) is 0 Å². The molecule has 5 heteroatoms. The van der Waals surface area contributed by atoms with E-state index < -0.39 is 0 Å². The topological polar surface area (TPSA) is 72.9 Å². The molecule has 2 aromatic carbocycles. The number of hydrogen-bond acceptors (Lipinski definition) is 3. The number of nitrogens with two attached hydrogens (primary N) is 1. The van der Waals surface area contributed by atoms with Gasteiger partial charge in [0.15, 0.2) is 0 Å². The van der Waals surface area contributed by atoms with E-state index in [1.165, 1.54) is 5.56 Å². The number of carbonyl (C=O) groups excluding carboxylic acids is 1. The van der Waals surface area contributed by atoms with Crippen molar-refractivity contribution in [2.75, 3.05) is 6.54 Å². The molecular formula is C18H18N4O.